The minimum absolute atomic E-state index is 0.268. The van der Waals surface area contributed by atoms with E-state index >= 15 is 0 Å². The molecule has 1 rings (SSSR count). The lowest BCUT2D eigenvalue weighted by atomic mass is 10.1. The van der Waals surface area contributed by atoms with Crippen molar-refractivity contribution in [3.63, 3.8) is 0 Å². The van der Waals surface area contributed by atoms with E-state index in [0.717, 1.165) is 16.2 Å². The molecule has 0 unspecified atom stereocenters. The fourth-order valence-electron chi connectivity index (χ4n) is 1.74. The van der Waals surface area contributed by atoms with E-state index in [1.54, 1.807) is 18.7 Å². The highest BCUT2D eigenvalue weighted by atomic mass is 32.2. The van der Waals surface area contributed by atoms with E-state index in [9.17, 15) is 9.59 Å². The van der Waals surface area contributed by atoms with Crippen molar-refractivity contribution in [3.8, 4) is 0 Å². The molecule has 5 nitrogen and oxygen atoms in total. The average Bonchev–Trinajstić information content (AvgIpc) is 2.71. The molecule has 1 aromatic rings. The lowest BCUT2D eigenvalue weighted by Gasteiger charge is -2.12. The highest BCUT2D eigenvalue weighted by molar-refractivity contribution is 7.98. The smallest absolute Gasteiger partial charge is 0.341 e. The molecule has 0 fully saturated rings. The van der Waals surface area contributed by atoms with Crippen molar-refractivity contribution in [2.24, 2.45) is 5.73 Å². The Labute approximate surface area is 133 Å². The number of nitrogens with two attached hydrogens (primary N) is 1. The van der Waals surface area contributed by atoms with Crippen LogP contribution in [0.2, 0.25) is 0 Å². The Balaban J connectivity index is 2.90. The van der Waals surface area contributed by atoms with Crippen LogP contribution in [0, 0.1) is 13.8 Å². The summed E-state index contributed by atoms with van der Waals surface area (Å²) in [6.07, 6.45) is 2.57. The molecule has 7 heteroatoms. The van der Waals surface area contributed by atoms with E-state index in [0.29, 0.717) is 23.6 Å². The lowest BCUT2D eigenvalue weighted by molar-refractivity contribution is -0.117. The van der Waals surface area contributed by atoms with E-state index in [4.69, 9.17) is 10.5 Å². The quantitative estimate of drug-likeness (QED) is 0.751. The zero-order chi connectivity index (χ0) is 16.0. The van der Waals surface area contributed by atoms with Gasteiger partial charge in [-0.15, -0.1) is 11.3 Å². The van der Waals surface area contributed by atoms with Gasteiger partial charge in [-0.05, 0) is 44.8 Å². The Morgan fingerprint density at radius 2 is 2.10 bits per heavy atom. The number of anilines is 1. The van der Waals surface area contributed by atoms with Crippen LogP contribution < -0.4 is 11.1 Å². The molecule has 1 amide bonds. The second-order valence-corrected chi connectivity index (χ2v) is 6.80. The van der Waals surface area contributed by atoms with Crippen LogP contribution in [0.15, 0.2) is 0 Å². The van der Waals surface area contributed by atoms with Gasteiger partial charge in [0.25, 0.3) is 0 Å². The molecule has 1 aromatic heterocycles. The maximum Gasteiger partial charge on any atom is 0.341 e. The van der Waals surface area contributed by atoms with Crippen LogP contribution in [0.3, 0.4) is 0 Å². The molecule has 0 aromatic carbocycles. The molecule has 0 aliphatic heterocycles. The summed E-state index contributed by atoms with van der Waals surface area (Å²) in [6, 6.07) is -0.574. The number of carbonyl (C=O) groups is 2. The number of amides is 1. The molecule has 0 aliphatic carbocycles. The number of carbonyl (C=O) groups excluding carboxylic acids is 2. The number of thioether (sulfide) groups is 1. The van der Waals surface area contributed by atoms with Crippen molar-refractivity contribution >= 4 is 40.0 Å². The molecule has 1 atom stereocenters. The van der Waals surface area contributed by atoms with Gasteiger partial charge in [0.05, 0.1) is 18.2 Å². The first-order valence-corrected chi connectivity index (χ1v) is 8.95. The first-order valence-electron chi connectivity index (χ1n) is 6.74. The van der Waals surface area contributed by atoms with Gasteiger partial charge in [-0.25, -0.2) is 4.79 Å². The molecule has 118 valence electrons. The van der Waals surface area contributed by atoms with Crippen molar-refractivity contribution < 1.29 is 14.3 Å². The van der Waals surface area contributed by atoms with Gasteiger partial charge in [-0.1, -0.05) is 0 Å². The van der Waals surface area contributed by atoms with Crippen LogP contribution in [0.25, 0.3) is 0 Å². The van der Waals surface area contributed by atoms with Gasteiger partial charge in [0, 0.05) is 4.88 Å². The lowest BCUT2D eigenvalue weighted by Crippen LogP contribution is -2.36. The summed E-state index contributed by atoms with van der Waals surface area (Å²) < 4.78 is 5.05. The van der Waals surface area contributed by atoms with Crippen LogP contribution in [0.5, 0.6) is 0 Å². The van der Waals surface area contributed by atoms with E-state index in [1.807, 2.05) is 20.1 Å². The molecule has 0 radical (unpaired) electrons. The van der Waals surface area contributed by atoms with Crippen molar-refractivity contribution in [1.82, 2.24) is 0 Å². The van der Waals surface area contributed by atoms with Crippen molar-refractivity contribution in [2.75, 3.05) is 23.9 Å². The number of hydrogen-bond acceptors (Lipinski definition) is 6. The molecule has 0 bridgehead atoms. The van der Waals surface area contributed by atoms with Crippen LogP contribution >= 0.6 is 23.1 Å². The summed E-state index contributed by atoms with van der Waals surface area (Å²) in [5.74, 6) is 0.144. The van der Waals surface area contributed by atoms with E-state index in [-0.39, 0.29) is 5.91 Å². The third kappa shape index (κ3) is 4.72. The zero-order valence-electron chi connectivity index (χ0n) is 12.8. The highest BCUT2D eigenvalue weighted by Gasteiger charge is 2.23. The second kappa shape index (κ2) is 8.41. The third-order valence-corrected chi connectivity index (χ3v) is 4.84. The molecular weight excluding hydrogens is 308 g/mol. The summed E-state index contributed by atoms with van der Waals surface area (Å²) in [7, 11) is 0. The Morgan fingerprint density at radius 1 is 1.43 bits per heavy atom. The Bertz CT molecular complexity index is 515. The number of esters is 1. The van der Waals surface area contributed by atoms with E-state index < -0.39 is 12.0 Å². The van der Waals surface area contributed by atoms with Gasteiger partial charge < -0.3 is 15.8 Å². The van der Waals surface area contributed by atoms with Crippen LogP contribution in [-0.4, -0.2) is 36.5 Å². The minimum atomic E-state index is -0.574. The van der Waals surface area contributed by atoms with Crippen molar-refractivity contribution in [1.29, 1.82) is 0 Å². The predicted octanol–water partition coefficient (Wildman–Crippen LogP) is 2.56. The summed E-state index contributed by atoms with van der Waals surface area (Å²) in [6.45, 7) is 5.81. The van der Waals surface area contributed by atoms with E-state index in [1.165, 1.54) is 11.3 Å². The Morgan fingerprint density at radius 3 is 2.67 bits per heavy atom. The first kappa shape index (κ1) is 18.0. The number of hydrogen-bond donors (Lipinski definition) is 2. The largest absolute Gasteiger partial charge is 0.462 e. The van der Waals surface area contributed by atoms with Gasteiger partial charge in [0.15, 0.2) is 0 Å². The summed E-state index contributed by atoms with van der Waals surface area (Å²) in [5.41, 5.74) is 7.12. The summed E-state index contributed by atoms with van der Waals surface area (Å²) in [4.78, 5) is 25.1. The fourth-order valence-corrected chi connectivity index (χ4v) is 3.29. The average molecular weight is 330 g/mol. The van der Waals surface area contributed by atoms with Gasteiger partial charge >= 0.3 is 5.97 Å². The number of aryl methyl sites for hydroxylation is 1. The molecule has 1 heterocycles. The molecule has 0 saturated carbocycles. The topological polar surface area (TPSA) is 81.4 Å². The molecular formula is C14H22N2O3S2. The van der Waals surface area contributed by atoms with Crippen molar-refractivity contribution in [3.05, 3.63) is 16.0 Å². The van der Waals surface area contributed by atoms with Gasteiger partial charge in [0.2, 0.25) is 5.91 Å². The number of ether oxygens (including phenoxy) is 1. The monoisotopic (exact) mass is 330 g/mol. The fraction of sp³-hybridized carbons (Fsp3) is 0.571. The van der Waals surface area contributed by atoms with Crippen LogP contribution in [0.4, 0.5) is 5.00 Å². The van der Waals surface area contributed by atoms with E-state index in [2.05, 4.69) is 5.32 Å². The number of thiophene rings is 1. The standard InChI is InChI=1S/C14H22N2O3S2/c1-5-19-14(18)11-8(2)9(3)21-13(11)16-12(17)10(15)6-7-20-4/h10H,5-7,15H2,1-4H3,(H,16,17)/t10-/m0/s1. The first-order chi connectivity index (χ1) is 9.92. The van der Waals surface area contributed by atoms with Gasteiger partial charge in [-0.2, -0.15) is 11.8 Å². The van der Waals surface area contributed by atoms with Crippen LogP contribution in [0.1, 0.15) is 34.1 Å². The Hall–Kier alpha value is -1.05. The Kier molecular flexibility index (Phi) is 7.21. The second-order valence-electron chi connectivity index (χ2n) is 4.59. The third-order valence-electron chi connectivity index (χ3n) is 3.07. The molecule has 0 spiro atoms. The number of rotatable bonds is 7. The highest BCUT2D eigenvalue weighted by Crippen LogP contribution is 2.33. The maximum absolute atomic E-state index is 12.1. The predicted molar refractivity (Wildman–Crippen MR) is 89.4 cm³/mol. The molecule has 0 saturated heterocycles. The van der Waals surface area contributed by atoms with Crippen LogP contribution in [-0.2, 0) is 9.53 Å². The maximum atomic E-state index is 12.1. The normalized spacial score (nSPS) is 12.0. The summed E-state index contributed by atoms with van der Waals surface area (Å²) in [5, 5.41) is 3.29. The van der Waals surface area contributed by atoms with Gasteiger partial charge in [-0.3, -0.25) is 4.79 Å². The molecule has 0 aliphatic rings. The summed E-state index contributed by atoms with van der Waals surface area (Å²) >= 11 is 3.01. The van der Waals surface area contributed by atoms with Crippen molar-refractivity contribution in [2.45, 2.75) is 33.2 Å². The van der Waals surface area contributed by atoms with Gasteiger partial charge in [0.1, 0.15) is 5.00 Å². The SMILES string of the molecule is CCOC(=O)c1c(NC(=O)[C@@H](N)CCSC)sc(C)c1C. The molecule has 21 heavy (non-hydrogen) atoms. The molecule has 3 N–H and O–H groups in total. The zero-order valence-corrected chi connectivity index (χ0v) is 14.5. The number of nitrogens with one attached hydrogen (secondary N) is 1. The minimum Gasteiger partial charge on any atom is -0.462 e.